The molecule has 0 aromatic heterocycles. The molecular formula is C12H12O6. The van der Waals surface area contributed by atoms with Crippen molar-refractivity contribution in [3.8, 4) is 17.2 Å². The van der Waals surface area contributed by atoms with Gasteiger partial charge in [0.2, 0.25) is 0 Å². The molecule has 0 aliphatic heterocycles. The summed E-state index contributed by atoms with van der Waals surface area (Å²) in [5.74, 6) is -1.37. The molecule has 1 rings (SSSR count). The maximum atomic E-state index is 10.9. The molecule has 0 amide bonds. The summed E-state index contributed by atoms with van der Waals surface area (Å²) in [7, 11) is 0. The van der Waals surface area contributed by atoms with Gasteiger partial charge in [0, 0.05) is 26.8 Å². The number of rotatable bonds is 3. The van der Waals surface area contributed by atoms with Crippen molar-refractivity contribution in [2.45, 2.75) is 20.8 Å². The first-order valence-corrected chi connectivity index (χ1v) is 5.08. The second-order valence-electron chi connectivity index (χ2n) is 3.39. The number of carbonyl (C=O) groups is 3. The zero-order valence-electron chi connectivity index (χ0n) is 10.2. The first-order valence-electron chi connectivity index (χ1n) is 5.08. The van der Waals surface area contributed by atoms with Crippen LogP contribution in [0.3, 0.4) is 0 Å². The van der Waals surface area contributed by atoms with Crippen molar-refractivity contribution in [1.29, 1.82) is 0 Å². The van der Waals surface area contributed by atoms with Crippen LogP contribution < -0.4 is 14.2 Å². The van der Waals surface area contributed by atoms with Gasteiger partial charge in [-0.05, 0) is 12.1 Å². The summed E-state index contributed by atoms with van der Waals surface area (Å²) in [6, 6.07) is 4.09. The van der Waals surface area contributed by atoms with E-state index in [9.17, 15) is 14.4 Å². The Bertz CT molecular complexity index is 491. The monoisotopic (exact) mass is 253 g/mol. The normalized spacial score (nSPS) is 9.50. The SMILES string of the molecule is CC(=O)Oc1cc[13c](OC(C)=O)c(OC(C)=O)c1. The quantitative estimate of drug-likeness (QED) is 0.599. The van der Waals surface area contributed by atoms with Crippen molar-refractivity contribution in [2.24, 2.45) is 0 Å². The van der Waals surface area contributed by atoms with Gasteiger partial charge in [0.25, 0.3) is 0 Å². The largest absolute Gasteiger partial charge is 0.427 e. The Hall–Kier alpha value is -2.37. The lowest BCUT2D eigenvalue weighted by Crippen LogP contribution is -2.08. The summed E-state index contributed by atoms with van der Waals surface area (Å²) in [4.78, 5) is 32.6. The highest BCUT2D eigenvalue weighted by molar-refractivity contribution is 5.74. The number of ether oxygens (including phenoxy) is 3. The van der Waals surface area contributed by atoms with Gasteiger partial charge in [-0.15, -0.1) is 0 Å². The lowest BCUT2D eigenvalue weighted by molar-refractivity contribution is -0.134. The highest BCUT2D eigenvalue weighted by atomic mass is 16.6. The van der Waals surface area contributed by atoms with E-state index in [1.807, 2.05) is 0 Å². The zero-order valence-corrected chi connectivity index (χ0v) is 10.2. The highest BCUT2D eigenvalue weighted by Gasteiger charge is 2.12. The summed E-state index contributed by atoms with van der Waals surface area (Å²) in [5.41, 5.74) is 0. The van der Waals surface area contributed by atoms with Gasteiger partial charge in [0.05, 0.1) is 0 Å². The molecular weight excluding hydrogens is 241 g/mol. The minimum atomic E-state index is -0.580. The smallest absolute Gasteiger partial charge is 0.308 e. The molecule has 1 aromatic carbocycles. The van der Waals surface area contributed by atoms with Gasteiger partial charge in [-0.3, -0.25) is 14.4 Å². The predicted octanol–water partition coefficient (Wildman–Crippen LogP) is 1.46. The van der Waals surface area contributed by atoms with E-state index in [1.165, 1.54) is 39.0 Å². The van der Waals surface area contributed by atoms with E-state index in [1.54, 1.807) is 0 Å². The minimum Gasteiger partial charge on any atom is -0.427 e. The number of hydrogen-bond donors (Lipinski definition) is 0. The van der Waals surface area contributed by atoms with E-state index in [0.717, 1.165) is 0 Å². The first-order chi connectivity index (χ1) is 8.38. The zero-order chi connectivity index (χ0) is 13.7. The molecule has 0 aliphatic carbocycles. The van der Waals surface area contributed by atoms with Crippen LogP contribution >= 0.6 is 0 Å². The fourth-order valence-corrected chi connectivity index (χ4v) is 1.19. The maximum Gasteiger partial charge on any atom is 0.308 e. The minimum absolute atomic E-state index is 0.0106. The van der Waals surface area contributed by atoms with E-state index in [-0.39, 0.29) is 17.2 Å². The summed E-state index contributed by atoms with van der Waals surface area (Å²) < 4.78 is 14.5. The number of carbonyl (C=O) groups excluding carboxylic acids is 3. The fraction of sp³-hybridized carbons (Fsp3) is 0.250. The Morgan fingerprint density at radius 2 is 1.28 bits per heavy atom. The van der Waals surface area contributed by atoms with Crippen LogP contribution in [0.1, 0.15) is 20.8 Å². The molecule has 0 unspecified atom stereocenters. The lowest BCUT2D eigenvalue weighted by Gasteiger charge is -2.10. The number of esters is 3. The van der Waals surface area contributed by atoms with E-state index in [4.69, 9.17) is 14.2 Å². The van der Waals surface area contributed by atoms with Crippen LogP contribution in [0.25, 0.3) is 0 Å². The first kappa shape index (κ1) is 13.7. The number of benzene rings is 1. The molecule has 18 heavy (non-hydrogen) atoms. The van der Waals surface area contributed by atoms with Crippen LogP contribution in [0.5, 0.6) is 17.2 Å². The summed E-state index contributed by atoms with van der Waals surface area (Å²) >= 11 is 0. The van der Waals surface area contributed by atoms with Crippen LogP contribution in [0.15, 0.2) is 18.2 Å². The van der Waals surface area contributed by atoms with Gasteiger partial charge in [0.1, 0.15) is 5.75 Å². The molecule has 0 spiro atoms. The van der Waals surface area contributed by atoms with Crippen molar-refractivity contribution in [1.82, 2.24) is 0 Å². The summed E-state index contributed by atoms with van der Waals surface area (Å²) in [5, 5.41) is 0. The van der Waals surface area contributed by atoms with Crippen LogP contribution in [0.2, 0.25) is 0 Å². The molecule has 0 heterocycles. The van der Waals surface area contributed by atoms with Crippen LogP contribution in [-0.2, 0) is 14.4 Å². The molecule has 0 saturated heterocycles. The van der Waals surface area contributed by atoms with Crippen molar-refractivity contribution in [2.75, 3.05) is 0 Å². The third-order valence-electron chi connectivity index (χ3n) is 1.68. The summed E-state index contributed by atoms with van der Waals surface area (Å²) in [6.45, 7) is 3.67. The molecule has 1 aromatic rings. The van der Waals surface area contributed by atoms with E-state index < -0.39 is 17.9 Å². The second kappa shape index (κ2) is 5.81. The van der Waals surface area contributed by atoms with E-state index >= 15 is 0 Å². The Kier molecular flexibility index (Phi) is 4.42. The third kappa shape index (κ3) is 4.25. The van der Waals surface area contributed by atoms with Gasteiger partial charge in [-0.25, -0.2) is 0 Å². The second-order valence-corrected chi connectivity index (χ2v) is 3.39. The average Bonchev–Trinajstić information content (AvgIpc) is 2.19. The molecule has 0 bridgehead atoms. The maximum absolute atomic E-state index is 10.9. The van der Waals surface area contributed by atoms with Crippen molar-refractivity contribution in [3.05, 3.63) is 18.2 Å². The molecule has 96 valence electrons. The van der Waals surface area contributed by atoms with E-state index in [2.05, 4.69) is 0 Å². The van der Waals surface area contributed by atoms with Crippen molar-refractivity contribution >= 4 is 17.9 Å². The fourth-order valence-electron chi connectivity index (χ4n) is 1.19. The average molecular weight is 253 g/mol. The van der Waals surface area contributed by atoms with Crippen molar-refractivity contribution < 1.29 is 28.6 Å². The Labute approximate surface area is 103 Å². The number of hydrogen-bond acceptors (Lipinski definition) is 6. The molecule has 0 N–H and O–H groups in total. The molecule has 6 nitrogen and oxygen atoms in total. The molecule has 0 atom stereocenters. The summed E-state index contributed by atoms with van der Waals surface area (Å²) in [6.07, 6.45) is 0. The van der Waals surface area contributed by atoms with Crippen LogP contribution in [-0.4, -0.2) is 17.9 Å². The molecule has 0 radical (unpaired) electrons. The van der Waals surface area contributed by atoms with Gasteiger partial charge in [0.15, 0.2) is 11.5 Å². The Morgan fingerprint density at radius 1 is 0.778 bits per heavy atom. The topological polar surface area (TPSA) is 78.9 Å². The Balaban J connectivity index is 3.06. The van der Waals surface area contributed by atoms with Crippen LogP contribution in [0.4, 0.5) is 0 Å². The third-order valence-corrected chi connectivity index (χ3v) is 1.68. The van der Waals surface area contributed by atoms with Crippen molar-refractivity contribution in [3.63, 3.8) is 0 Å². The van der Waals surface area contributed by atoms with Gasteiger partial charge in [-0.1, -0.05) is 0 Å². The van der Waals surface area contributed by atoms with Crippen LogP contribution in [0, 0.1) is 0 Å². The molecule has 0 fully saturated rings. The van der Waals surface area contributed by atoms with Gasteiger partial charge >= 0.3 is 17.9 Å². The van der Waals surface area contributed by atoms with E-state index in [0.29, 0.717) is 0 Å². The van der Waals surface area contributed by atoms with Gasteiger partial charge in [-0.2, -0.15) is 0 Å². The lowest BCUT2D eigenvalue weighted by atomic mass is 10.4. The molecule has 0 aliphatic rings. The molecule has 0 saturated carbocycles. The highest BCUT2D eigenvalue weighted by Crippen LogP contribution is 2.32. The standard InChI is InChI=1S/C12H12O6/c1-7(13)16-10-4-5-11(17-8(2)14)12(6-10)18-9(3)15/h4-6H,1-3H3/i11+1. The molecule has 6 heteroatoms. The Morgan fingerprint density at radius 3 is 1.78 bits per heavy atom. The predicted molar refractivity (Wildman–Crippen MR) is 60.4 cm³/mol. The van der Waals surface area contributed by atoms with Gasteiger partial charge < -0.3 is 14.2 Å².